The van der Waals surface area contributed by atoms with Gasteiger partial charge in [-0.2, -0.15) is 13.2 Å². The van der Waals surface area contributed by atoms with Crippen molar-refractivity contribution < 1.29 is 17.6 Å². The number of nitrogens with one attached hydrogen (secondary N) is 2. The first-order valence-electron chi connectivity index (χ1n) is 12.7. The Hall–Kier alpha value is -3.09. The molecular formula is C28H31F4N5. The fraction of sp³-hybridized carbons (Fsp3) is 0.464. The highest BCUT2D eigenvalue weighted by molar-refractivity contribution is 5.86. The fourth-order valence-corrected chi connectivity index (χ4v) is 5.75. The third-order valence-electron chi connectivity index (χ3n) is 7.46. The number of hydrogen-bond acceptors (Lipinski definition) is 4. The molecule has 2 N–H and O–H groups in total. The van der Waals surface area contributed by atoms with E-state index >= 15 is 0 Å². The van der Waals surface area contributed by atoms with Crippen molar-refractivity contribution in [3.05, 3.63) is 59.0 Å². The highest BCUT2D eigenvalue weighted by Crippen LogP contribution is 2.41. The van der Waals surface area contributed by atoms with Crippen molar-refractivity contribution in [2.24, 2.45) is 0 Å². The Labute approximate surface area is 214 Å². The van der Waals surface area contributed by atoms with Gasteiger partial charge in [-0.05, 0) is 56.0 Å². The highest BCUT2D eigenvalue weighted by atomic mass is 19.4. The number of aromatic nitrogens is 2. The first-order valence-corrected chi connectivity index (χ1v) is 12.7. The SMILES string of the molecule is C#Cc1ccc2c3c([nH]c2c1)[C@H](c1ccc(N[C@H]2CCN(CCCF)C2)cn1)N(CC(F)(F)F)[C@@H](C)C3. The van der Waals surface area contributed by atoms with Gasteiger partial charge in [-0.1, -0.05) is 12.0 Å². The van der Waals surface area contributed by atoms with Crippen LogP contribution in [0, 0.1) is 12.3 Å². The zero-order valence-corrected chi connectivity index (χ0v) is 20.8. The van der Waals surface area contributed by atoms with E-state index in [9.17, 15) is 17.6 Å². The second-order valence-corrected chi connectivity index (χ2v) is 10.1. The lowest BCUT2D eigenvalue weighted by atomic mass is 9.90. The molecule has 0 bridgehead atoms. The predicted molar refractivity (Wildman–Crippen MR) is 137 cm³/mol. The van der Waals surface area contributed by atoms with Crippen LogP contribution in [0.5, 0.6) is 0 Å². The van der Waals surface area contributed by atoms with Crippen molar-refractivity contribution in [3.63, 3.8) is 0 Å². The average molecular weight is 514 g/mol. The number of fused-ring (bicyclic) bond motifs is 3. The summed E-state index contributed by atoms with van der Waals surface area (Å²) in [5.74, 6) is 2.62. The molecule has 4 heterocycles. The molecule has 9 heteroatoms. The molecule has 1 saturated heterocycles. The summed E-state index contributed by atoms with van der Waals surface area (Å²) in [4.78, 5) is 11.7. The number of anilines is 1. The summed E-state index contributed by atoms with van der Waals surface area (Å²) in [6, 6.07) is 8.60. The minimum atomic E-state index is -4.34. The summed E-state index contributed by atoms with van der Waals surface area (Å²) in [6.07, 6.45) is 4.91. The van der Waals surface area contributed by atoms with Gasteiger partial charge < -0.3 is 15.2 Å². The highest BCUT2D eigenvalue weighted by Gasteiger charge is 2.42. The summed E-state index contributed by atoms with van der Waals surface area (Å²) in [7, 11) is 0. The van der Waals surface area contributed by atoms with Crippen LogP contribution >= 0.6 is 0 Å². The second-order valence-electron chi connectivity index (χ2n) is 10.1. The van der Waals surface area contributed by atoms with Crippen LogP contribution in [0.2, 0.25) is 0 Å². The Kier molecular flexibility index (Phi) is 7.15. The molecule has 37 heavy (non-hydrogen) atoms. The van der Waals surface area contributed by atoms with Crippen molar-refractivity contribution in [1.29, 1.82) is 0 Å². The Balaban J connectivity index is 1.44. The van der Waals surface area contributed by atoms with E-state index in [-0.39, 0.29) is 18.8 Å². The molecule has 0 unspecified atom stereocenters. The van der Waals surface area contributed by atoms with Crippen molar-refractivity contribution in [3.8, 4) is 12.3 Å². The minimum absolute atomic E-state index is 0.231. The van der Waals surface area contributed by atoms with Crippen molar-refractivity contribution in [2.75, 3.05) is 38.2 Å². The van der Waals surface area contributed by atoms with Crippen LogP contribution in [0.25, 0.3) is 10.9 Å². The second kappa shape index (κ2) is 10.3. The van der Waals surface area contributed by atoms with Crippen LogP contribution < -0.4 is 5.32 Å². The summed E-state index contributed by atoms with van der Waals surface area (Å²) >= 11 is 0. The molecule has 2 aliphatic heterocycles. The van der Waals surface area contributed by atoms with Gasteiger partial charge in [-0.3, -0.25) is 14.3 Å². The number of H-pyrrole nitrogens is 1. The Bertz CT molecular complexity index is 1280. The van der Waals surface area contributed by atoms with E-state index < -0.39 is 18.8 Å². The van der Waals surface area contributed by atoms with Crippen LogP contribution in [-0.4, -0.2) is 70.9 Å². The smallest absolute Gasteiger partial charge is 0.380 e. The molecule has 0 radical (unpaired) electrons. The number of aromatic amines is 1. The van der Waals surface area contributed by atoms with E-state index in [0.717, 1.165) is 53.9 Å². The normalized spacial score (nSPS) is 22.8. The van der Waals surface area contributed by atoms with Crippen molar-refractivity contribution in [2.45, 2.75) is 50.5 Å². The quantitative estimate of drug-likeness (QED) is 0.333. The van der Waals surface area contributed by atoms with E-state index in [1.54, 1.807) is 6.20 Å². The number of rotatable bonds is 7. The molecule has 2 aliphatic rings. The zero-order valence-electron chi connectivity index (χ0n) is 20.8. The number of benzene rings is 1. The van der Waals surface area contributed by atoms with Gasteiger partial charge in [0.15, 0.2) is 0 Å². The number of hydrogen-bond donors (Lipinski definition) is 2. The molecule has 0 aliphatic carbocycles. The molecule has 1 aromatic carbocycles. The van der Waals surface area contributed by atoms with Gasteiger partial charge in [0, 0.05) is 53.9 Å². The maximum atomic E-state index is 13.7. The van der Waals surface area contributed by atoms with Crippen LogP contribution in [0.15, 0.2) is 36.5 Å². The summed E-state index contributed by atoms with van der Waals surface area (Å²) < 4.78 is 53.4. The van der Waals surface area contributed by atoms with Crippen molar-refractivity contribution >= 4 is 16.6 Å². The lowest BCUT2D eigenvalue weighted by molar-refractivity contribution is -0.155. The van der Waals surface area contributed by atoms with Crippen molar-refractivity contribution in [1.82, 2.24) is 19.8 Å². The van der Waals surface area contributed by atoms with Crippen LogP contribution in [0.3, 0.4) is 0 Å². The summed E-state index contributed by atoms with van der Waals surface area (Å²) in [6.45, 7) is 2.99. The Morgan fingerprint density at radius 2 is 2.08 bits per heavy atom. The zero-order chi connectivity index (χ0) is 26.2. The molecule has 0 amide bonds. The van der Waals surface area contributed by atoms with E-state index in [4.69, 9.17) is 6.42 Å². The van der Waals surface area contributed by atoms with E-state index in [1.165, 1.54) is 4.90 Å². The molecular weight excluding hydrogens is 482 g/mol. The Morgan fingerprint density at radius 1 is 1.24 bits per heavy atom. The van der Waals surface area contributed by atoms with E-state index in [1.807, 2.05) is 37.3 Å². The first-order chi connectivity index (χ1) is 17.8. The van der Waals surface area contributed by atoms with Gasteiger partial charge in [0.05, 0.1) is 36.8 Å². The maximum Gasteiger partial charge on any atom is 0.401 e. The van der Waals surface area contributed by atoms with Crippen LogP contribution in [0.1, 0.15) is 48.3 Å². The molecule has 0 spiro atoms. The van der Waals surface area contributed by atoms with Gasteiger partial charge in [0.1, 0.15) is 0 Å². The molecule has 196 valence electrons. The predicted octanol–water partition coefficient (Wildman–Crippen LogP) is 5.29. The lowest BCUT2D eigenvalue weighted by Gasteiger charge is -2.40. The number of alkyl halides is 4. The van der Waals surface area contributed by atoms with E-state index in [2.05, 4.69) is 26.1 Å². The number of terminal acetylenes is 1. The largest absolute Gasteiger partial charge is 0.401 e. The van der Waals surface area contributed by atoms with Crippen LogP contribution in [-0.2, 0) is 6.42 Å². The maximum absolute atomic E-state index is 13.7. The summed E-state index contributed by atoms with van der Waals surface area (Å²) in [5, 5.41) is 4.45. The first kappa shape index (κ1) is 25.6. The van der Waals surface area contributed by atoms with Gasteiger partial charge in [0.25, 0.3) is 0 Å². The topological polar surface area (TPSA) is 47.2 Å². The molecule has 5 rings (SSSR count). The molecule has 3 aromatic rings. The van der Waals surface area contributed by atoms with Crippen LogP contribution in [0.4, 0.5) is 23.2 Å². The van der Waals surface area contributed by atoms with Gasteiger partial charge in [0.2, 0.25) is 0 Å². The standard InChI is InChI=1S/C28H31F4N5/c1-3-19-5-7-22-23-13-18(2)37(17-28(30,31)32)27(26(23)35-25(22)14-19)24-8-6-20(15-33-24)34-21-9-12-36(16-21)11-4-10-29/h1,5-8,14-15,18,21,27,34-35H,4,9-13,16-17H2,2H3/t18-,21-,27-/m0/s1. The minimum Gasteiger partial charge on any atom is -0.380 e. The van der Waals surface area contributed by atoms with Gasteiger partial charge >= 0.3 is 6.18 Å². The molecule has 2 aromatic heterocycles. The molecule has 5 nitrogen and oxygen atoms in total. The number of halogens is 4. The third-order valence-corrected chi connectivity index (χ3v) is 7.46. The monoisotopic (exact) mass is 513 g/mol. The van der Waals surface area contributed by atoms with Gasteiger partial charge in [-0.15, -0.1) is 6.42 Å². The summed E-state index contributed by atoms with van der Waals surface area (Å²) in [5.41, 5.74) is 4.66. The fourth-order valence-electron chi connectivity index (χ4n) is 5.75. The average Bonchev–Trinajstić information content (AvgIpc) is 3.46. The number of likely N-dealkylation sites (tertiary alicyclic amines) is 1. The third kappa shape index (κ3) is 5.46. The van der Waals surface area contributed by atoms with E-state index in [0.29, 0.717) is 24.1 Å². The molecule has 0 saturated carbocycles. The Morgan fingerprint density at radius 3 is 2.78 bits per heavy atom. The van der Waals surface area contributed by atoms with Gasteiger partial charge in [-0.25, -0.2) is 0 Å². The lowest BCUT2D eigenvalue weighted by Crippen LogP contribution is -2.47. The number of pyridine rings is 1. The molecule has 3 atom stereocenters. The number of nitrogens with zero attached hydrogens (tertiary/aromatic N) is 3. The molecule has 1 fully saturated rings.